The van der Waals surface area contributed by atoms with Crippen molar-refractivity contribution < 1.29 is 9.53 Å². The Morgan fingerprint density at radius 2 is 2.33 bits per heavy atom. The van der Waals surface area contributed by atoms with Gasteiger partial charge in [0.1, 0.15) is 11.9 Å². The third-order valence-electron chi connectivity index (χ3n) is 3.99. The van der Waals surface area contributed by atoms with Crippen LogP contribution in [-0.4, -0.2) is 50.7 Å². The van der Waals surface area contributed by atoms with Crippen molar-refractivity contribution in [2.75, 3.05) is 19.7 Å². The molecular weight excluding hydrogens is 326 g/mol. The highest BCUT2D eigenvalue weighted by atomic mass is 32.1. The minimum Gasteiger partial charge on any atom is -0.366 e. The summed E-state index contributed by atoms with van der Waals surface area (Å²) in [5.74, 6) is 1.93. The van der Waals surface area contributed by atoms with E-state index in [0.29, 0.717) is 37.9 Å². The number of amides is 1. The van der Waals surface area contributed by atoms with Gasteiger partial charge in [-0.05, 0) is 0 Å². The van der Waals surface area contributed by atoms with Crippen LogP contribution in [0.4, 0.5) is 0 Å². The Hall–Kier alpha value is -1.80. The van der Waals surface area contributed by atoms with Gasteiger partial charge >= 0.3 is 0 Å². The number of morpholine rings is 1. The fourth-order valence-electron chi connectivity index (χ4n) is 2.58. The van der Waals surface area contributed by atoms with E-state index in [1.807, 2.05) is 17.2 Å². The predicted octanol–water partition coefficient (Wildman–Crippen LogP) is 2.09. The topological polar surface area (TPSA) is 84.0 Å². The highest BCUT2D eigenvalue weighted by Crippen LogP contribution is 2.22. The number of aryl methyl sites for hydroxylation is 1. The summed E-state index contributed by atoms with van der Waals surface area (Å²) in [4.78, 5) is 23.4. The van der Waals surface area contributed by atoms with Crippen LogP contribution in [0.1, 0.15) is 55.1 Å². The van der Waals surface area contributed by atoms with E-state index in [1.165, 1.54) is 0 Å². The van der Waals surface area contributed by atoms with E-state index in [4.69, 9.17) is 4.74 Å². The molecule has 130 valence electrons. The lowest BCUT2D eigenvalue weighted by molar-refractivity contribution is -0.138. The summed E-state index contributed by atoms with van der Waals surface area (Å²) in [6, 6.07) is 0. The van der Waals surface area contributed by atoms with E-state index in [0.717, 1.165) is 22.9 Å². The van der Waals surface area contributed by atoms with Gasteiger partial charge in [0.05, 0.1) is 30.3 Å². The number of H-pyrrole nitrogens is 1. The van der Waals surface area contributed by atoms with Crippen LogP contribution in [0.5, 0.6) is 0 Å². The lowest BCUT2D eigenvalue weighted by Crippen LogP contribution is -2.43. The molecular formula is C16H23N5O2S. The number of nitrogens with one attached hydrogen (secondary N) is 1. The molecule has 1 atom stereocenters. The lowest BCUT2D eigenvalue weighted by Gasteiger charge is -2.31. The molecule has 0 bridgehead atoms. The Morgan fingerprint density at radius 1 is 1.50 bits per heavy atom. The number of ether oxygens (including phenoxy) is 1. The molecule has 0 unspecified atom stereocenters. The number of aromatic amines is 1. The first kappa shape index (κ1) is 17.0. The summed E-state index contributed by atoms with van der Waals surface area (Å²) in [6.07, 6.45) is 0.870. The maximum Gasteiger partial charge on any atom is 0.228 e. The van der Waals surface area contributed by atoms with Crippen molar-refractivity contribution in [2.24, 2.45) is 0 Å². The minimum atomic E-state index is -0.263. The van der Waals surface area contributed by atoms with Crippen LogP contribution in [0, 0.1) is 0 Å². The van der Waals surface area contributed by atoms with Crippen molar-refractivity contribution in [2.45, 2.75) is 45.6 Å². The molecule has 0 aromatic carbocycles. The van der Waals surface area contributed by atoms with Gasteiger partial charge in [-0.2, -0.15) is 5.10 Å². The van der Waals surface area contributed by atoms with Gasteiger partial charge < -0.3 is 9.64 Å². The van der Waals surface area contributed by atoms with Gasteiger partial charge in [-0.3, -0.25) is 9.89 Å². The minimum absolute atomic E-state index is 0.0788. The zero-order valence-corrected chi connectivity index (χ0v) is 15.1. The molecule has 0 radical (unpaired) electrons. The van der Waals surface area contributed by atoms with E-state index >= 15 is 0 Å². The molecule has 1 saturated heterocycles. The molecule has 0 spiro atoms. The van der Waals surface area contributed by atoms with E-state index in [2.05, 4.69) is 34.0 Å². The van der Waals surface area contributed by atoms with Crippen molar-refractivity contribution in [3.8, 4) is 0 Å². The van der Waals surface area contributed by atoms with Crippen LogP contribution in [0.15, 0.2) is 5.38 Å². The number of carbonyl (C=O) groups is 1. The molecule has 0 aliphatic carbocycles. The van der Waals surface area contributed by atoms with Crippen LogP contribution in [0.25, 0.3) is 0 Å². The van der Waals surface area contributed by atoms with E-state index in [-0.39, 0.29) is 12.0 Å². The lowest BCUT2D eigenvalue weighted by atomic mass is 10.2. The molecule has 0 saturated carbocycles. The number of aromatic nitrogens is 4. The molecule has 1 amide bonds. The fourth-order valence-corrected chi connectivity index (χ4v) is 3.41. The van der Waals surface area contributed by atoms with Crippen molar-refractivity contribution >= 4 is 17.2 Å². The van der Waals surface area contributed by atoms with Crippen LogP contribution in [0.2, 0.25) is 0 Å². The van der Waals surface area contributed by atoms with Crippen LogP contribution in [-0.2, 0) is 22.4 Å². The second kappa shape index (κ2) is 7.40. The van der Waals surface area contributed by atoms with Gasteiger partial charge in [0.15, 0.2) is 5.82 Å². The Kier molecular flexibility index (Phi) is 5.25. The van der Waals surface area contributed by atoms with Crippen LogP contribution < -0.4 is 0 Å². The number of hydrogen-bond acceptors (Lipinski definition) is 6. The van der Waals surface area contributed by atoms with E-state index < -0.39 is 0 Å². The smallest absolute Gasteiger partial charge is 0.228 e. The second-order valence-corrected chi connectivity index (χ2v) is 7.09. The molecule has 2 aromatic rings. The van der Waals surface area contributed by atoms with Crippen molar-refractivity contribution in [3.63, 3.8) is 0 Å². The molecule has 24 heavy (non-hydrogen) atoms. The average Bonchev–Trinajstić information content (AvgIpc) is 3.24. The first-order valence-electron chi connectivity index (χ1n) is 8.31. The monoisotopic (exact) mass is 349 g/mol. The summed E-state index contributed by atoms with van der Waals surface area (Å²) in [7, 11) is 0. The normalized spacial score (nSPS) is 18.3. The van der Waals surface area contributed by atoms with Crippen molar-refractivity contribution in [1.82, 2.24) is 25.1 Å². The molecule has 3 heterocycles. The summed E-state index contributed by atoms with van der Waals surface area (Å²) >= 11 is 1.62. The molecule has 1 aliphatic rings. The van der Waals surface area contributed by atoms with Crippen molar-refractivity contribution in [1.29, 1.82) is 0 Å². The predicted molar refractivity (Wildman–Crippen MR) is 90.9 cm³/mol. The van der Waals surface area contributed by atoms with Crippen molar-refractivity contribution in [3.05, 3.63) is 27.7 Å². The largest absolute Gasteiger partial charge is 0.366 e. The molecule has 1 aliphatic heterocycles. The Morgan fingerprint density at radius 3 is 3.00 bits per heavy atom. The summed E-state index contributed by atoms with van der Waals surface area (Å²) in [6.45, 7) is 7.82. The maximum absolute atomic E-state index is 12.6. The molecule has 2 aromatic heterocycles. The van der Waals surface area contributed by atoms with Crippen LogP contribution >= 0.6 is 11.3 Å². The van der Waals surface area contributed by atoms with E-state index in [9.17, 15) is 4.79 Å². The van der Waals surface area contributed by atoms with Gasteiger partial charge in [0, 0.05) is 24.3 Å². The third kappa shape index (κ3) is 3.81. The van der Waals surface area contributed by atoms with E-state index in [1.54, 1.807) is 11.3 Å². The summed E-state index contributed by atoms with van der Waals surface area (Å²) in [5.41, 5.74) is 0.850. The number of rotatable bonds is 5. The Balaban J connectivity index is 1.62. The second-order valence-electron chi connectivity index (χ2n) is 6.20. The first-order valence-corrected chi connectivity index (χ1v) is 9.19. The number of hydrogen-bond donors (Lipinski definition) is 1. The van der Waals surface area contributed by atoms with Gasteiger partial charge in [-0.25, -0.2) is 9.97 Å². The molecule has 3 rings (SSSR count). The van der Waals surface area contributed by atoms with Gasteiger partial charge in [0.2, 0.25) is 5.91 Å². The van der Waals surface area contributed by atoms with Gasteiger partial charge in [0.25, 0.3) is 0 Å². The fraction of sp³-hybridized carbons (Fsp3) is 0.625. The quantitative estimate of drug-likeness (QED) is 0.893. The third-order valence-corrected chi connectivity index (χ3v) is 5.18. The highest BCUT2D eigenvalue weighted by molar-refractivity contribution is 7.09. The Bertz CT molecular complexity index is 696. The highest BCUT2D eigenvalue weighted by Gasteiger charge is 2.28. The Labute approximate surface area is 145 Å². The summed E-state index contributed by atoms with van der Waals surface area (Å²) in [5, 5.41) is 10.2. The standard InChI is InChI=1S/C16H23N5O2S/c1-4-13-18-15(20-19-13)12-8-21(5-6-23-12)14(22)7-11-9-24-16(17-11)10(2)3/h9-10,12H,4-8H2,1-3H3,(H,18,19,20)/t12-/m1/s1. The number of nitrogens with zero attached hydrogens (tertiary/aromatic N) is 4. The zero-order chi connectivity index (χ0) is 17.1. The van der Waals surface area contributed by atoms with Crippen LogP contribution in [0.3, 0.4) is 0 Å². The zero-order valence-electron chi connectivity index (χ0n) is 14.3. The molecule has 1 N–H and O–H groups in total. The average molecular weight is 349 g/mol. The number of thiazole rings is 1. The van der Waals surface area contributed by atoms with Gasteiger partial charge in [-0.15, -0.1) is 11.3 Å². The molecule has 7 nitrogen and oxygen atoms in total. The number of carbonyl (C=O) groups excluding carboxylic acids is 1. The maximum atomic E-state index is 12.6. The van der Waals surface area contributed by atoms with Gasteiger partial charge in [-0.1, -0.05) is 20.8 Å². The SMILES string of the molecule is CCc1nc([C@H]2CN(C(=O)Cc3csc(C(C)C)n3)CCO2)n[nH]1. The molecule has 1 fully saturated rings. The summed E-state index contributed by atoms with van der Waals surface area (Å²) < 4.78 is 5.74. The molecule has 8 heteroatoms. The first-order chi connectivity index (χ1) is 11.6.